The number of nitrogens with zero attached hydrogens (tertiary/aromatic N) is 1. The number of hydrogen-bond donors (Lipinski definition) is 1. The molecule has 0 aromatic carbocycles. The maximum atomic E-state index is 11.7. The largest absolute Gasteiger partial charge is 0.522 e. The number of aliphatic carboxylic acids is 1. The average molecular weight is 257 g/mol. The summed E-state index contributed by atoms with van der Waals surface area (Å²) >= 11 is 0. The summed E-state index contributed by atoms with van der Waals surface area (Å²) < 4.78 is 43.7. The third-order valence-electron chi connectivity index (χ3n) is 2.33. The van der Waals surface area contributed by atoms with Crippen molar-refractivity contribution >= 4 is 5.97 Å². The molecule has 17 heavy (non-hydrogen) atoms. The van der Waals surface area contributed by atoms with Gasteiger partial charge < -0.3 is 9.84 Å². The van der Waals surface area contributed by atoms with Crippen LogP contribution in [0.5, 0.6) is 0 Å². The van der Waals surface area contributed by atoms with Crippen LogP contribution in [0.3, 0.4) is 0 Å². The van der Waals surface area contributed by atoms with Gasteiger partial charge in [-0.25, -0.2) is 4.79 Å². The predicted molar refractivity (Wildman–Crippen MR) is 50.4 cm³/mol. The van der Waals surface area contributed by atoms with Gasteiger partial charge in [-0.2, -0.15) is 0 Å². The van der Waals surface area contributed by atoms with E-state index in [4.69, 9.17) is 9.84 Å². The zero-order chi connectivity index (χ0) is 13.1. The maximum Gasteiger partial charge on any atom is 0.522 e. The van der Waals surface area contributed by atoms with Crippen LogP contribution in [0.15, 0.2) is 0 Å². The highest BCUT2D eigenvalue weighted by Crippen LogP contribution is 2.24. The van der Waals surface area contributed by atoms with Gasteiger partial charge >= 0.3 is 12.3 Å². The highest BCUT2D eigenvalue weighted by molar-refractivity contribution is 5.68. The summed E-state index contributed by atoms with van der Waals surface area (Å²) in [4.78, 5) is 12.0. The Balaban J connectivity index is 2.12. The average Bonchev–Trinajstić information content (AvgIpc) is 2.10. The molecule has 0 atom stereocenters. The second-order valence-electron chi connectivity index (χ2n) is 4.14. The number of hydrogen-bond acceptors (Lipinski definition) is 4. The summed E-state index contributed by atoms with van der Waals surface area (Å²) in [6, 6.07) is 0. The van der Waals surface area contributed by atoms with E-state index in [1.165, 1.54) is 0 Å². The minimum Gasteiger partial charge on any atom is -0.480 e. The molecular formula is C9H14F3NO4. The second kappa shape index (κ2) is 5.19. The molecular weight excluding hydrogens is 243 g/mol. The molecule has 5 nitrogen and oxygen atoms in total. The van der Waals surface area contributed by atoms with Crippen molar-refractivity contribution in [2.45, 2.75) is 18.9 Å². The van der Waals surface area contributed by atoms with E-state index in [1.807, 2.05) is 0 Å². The minimum atomic E-state index is -4.60. The number of rotatable bonds is 6. The van der Waals surface area contributed by atoms with Gasteiger partial charge in [0.05, 0.1) is 12.2 Å². The quantitative estimate of drug-likeness (QED) is 0.759. The number of alkyl halides is 3. The van der Waals surface area contributed by atoms with Crippen LogP contribution >= 0.6 is 0 Å². The lowest BCUT2D eigenvalue weighted by Gasteiger charge is -2.47. The fourth-order valence-electron chi connectivity index (χ4n) is 1.68. The first kappa shape index (κ1) is 14.2. The number of carboxylic acids is 1. The number of likely N-dealkylation sites (tertiary alicyclic amines) is 1. The van der Waals surface area contributed by atoms with E-state index < -0.39 is 31.1 Å². The third kappa shape index (κ3) is 5.33. The molecule has 1 aliphatic rings. The Kier molecular flexibility index (Phi) is 4.34. The minimum absolute atomic E-state index is 0.144. The Labute approximate surface area is 96.1 Å². The monoisotopic (exact) mass is 257 g/mol. The standard InChI is InChI=1S/C9H14F3NO4/c1-8(17-4-7(14)15)5-13(6-8)2-3-16-9(10,11)12/h2-6H2,1H3,(H,14,15). The van der Waals surface area contributed by atoms with E-state index in [1.54, 1.807) is 11.8 Å². The maximum absolute atomic E-state index is 11.7. The zero-order valence-corrected chi connectivity index (χ0v) is 9.29. The van der Waals surface area contributed by atoms with Gasteiger partial charge in [0, 0.05) is 19.6 Å². The Morgan fingerprint density at radius 1 is 1.47 bits per heavy atom. The third-order valence-corrected chi connectivity index (χ3v) is 2.33. The van der Waals surface area contributed by atoms with Crippen LogP contribution in [-0.4, -0.2) is 60.8 Å². The smallest absolute Gasteiger partial charge is 0.480 e. The molecule has 0 amide bonds. The van der Waals surface area contributed by atoms with Gasteiger partial charge in [-0.1, -0.05) is 0 Å². The van der Waals surface area contributed by atoms with Crippen molar-refractivity contribution < 1.29 is 32.5 Å². The summed E-state index contributed by atoms with van der Waals surface area (Å²) in [5, 5.41) is 8.41. The molecule has 0 aromatic heterocycles. The molecule has 100 valence electrons. The molecule has 1 N–H and O–H groups in total. The van der Waals surface area contributed by atoms with Crippen LogP contribution in [-0.2, 0) is 14.3 Å². The fourth-order valence-corrected chi connectivity index (χ4v) is 1.68. The SMILES string of the molecule is CC1(OCC(=O)O)CN(CCOC(F)(F)F)C1. The first-order valence-corrected chi connectivity index (χ1v) is 4.99. The van der Waals surface area contributed by atoms with Gasteiger partial charge in [0.1, 0.15) is 6.61 Å². The van der Waals surface area contributed by atoms with Crippen LogP contribution in [0, 0.1) is 0 Å². The normalized spacial score (nSPS) is 20.0. The number of halogens is 3. The van der Waals surface area contributed by atoms with E-state index in [2.05, 4.69) is 4.74 Å². The molecule has 0 spiro atoms. The number of carboxylic acid groups (broad SMARTS) is 1. The van der Waals surface area contributed by atoms with Crippen molar-refractivity contribution in [1.82, 2.24) is 4.90 Å². The predicted octanol–water partition coefficient (Wildman–Crippen LogP) is 0.698. The molecule has 0 radical (unpaired) electrons. The summed E-state index contributed by atoms with van der Waals surface area (Å²) in [7, 11) is 0. The van der Waals surface area contributed by atoms with E-state index in [9.17, 15) is 18.0 Å². The topological polar surface area (TPSA) is 59.0 Å². The van der Waals surface area contributed by atoms with Crippen molar-refractivity contribution in [3.8, 4) is 0 Å². The highest BCUT2D eigenvalue weighted by Gasteiger charge is 2.40. The Morgan fingerprint density at radius 2 is 2.06 bits per heavy atom. The lowest BCUT2D eigenvalue weighted by atomic mass is 9.96. The zero-order valence-electron chi connectivity index (χ0n) is 9.29. The molecule has 8 heteroatoms. The second-order valence-corrected chi connectivity index (χ2v) is 4.14. The molecule has 0 unspecified atom stereocenters. The van der Waals surface area contributed by atoms with Gasteiger partial charge in [-0.15, -0.1) is 13.2 Å². The molecule has 1 aliphatic heterocycles. The number of carbonyl (C=O) groups is 1. The Bertz CT molecular complexity index is 276. The lowest BCUT2D eigenvalue weighted by molar-refractivity contribution is -0.326. The van der Waals surface area contributed by atoms with E-state index in [0.29, 0.717) is 13.1 Å². The van der Waals surface area contributed by atoms with E-state index >= 15 is 0 Å². The van der Waals surface area contributed by atoms with Crippen molar-refractivity contribution in [2.24, 2.45) is 0 Å². The lowest BCUT2D eigenvalue weighted by Crippen LogP contribution is -2.62. The summed E-state index contributed by atoms with van der Waals surface area (Å²) in [5.41, 5.74) is -0.587. The van der Waals surface area contributed by atoms with Crippen LogP contribution in [0.4, 0.5) is 13.2 Å². The Hall–Kier alpha value is -0.860. The van der Waals surface area contributed by atoms with Crippen molar-refractivity contribution in [1.29, 1.82) is 0 Å². The molecule has 1 rings (SSSR count). The van der Waals surface area contributed by atoms with Crippen molar-refractivity contribution in [3.63, 3.8) is 0 Å². The van der Waals surface area contributed by atoms with Crippen LogP contribution in [0.1, 0.15) is 6.92 Å². The molecule has 0 saturated carbocycles. The van der Waals surface area contributed by atoms with E-state index in [0.717, 1.165) is 0 Å². The summed E-state index contributed by atoms with van der Waals surface area (Å²) in [5.74, 6) is -1.06. The van der Waals surface area contributed by atoms with Gasteiger partial charge in [0.15, 0.2) is 0 Å². The van der Waals surface area contributed by atoms with Crippen molar-refractivity contribution in [3.05, 3.63) is 0 Å². The Morgan fingerprint density at radius 3 is 2.53 bits per heavy atom. The van der Waals surface area contributed by atoms with Gasteiger partial charge in [-0.3, -0.25) is 9.64 Å². The highest BCUT2D eigenvalue weighted by atomic mass is 19.4. The fraction of sp³-hybridized carbons (Fsp3) is 0.889. The molecule has 1 saturated heterocycles. The molecule has 1 heterocycles. The van der Waals surface area contributed by atoms with Crippen LogP contribution < -0.4 is 0 Å². The summed E-state index contributed by atoms with van der Waals surface area (Å²) in [6.45, 7) is 1.84. The molecule has 0 aliphatic carbocycles. The first-order valence-electron chi connectivity index (χ1n) is 4.99. The molecule has 0 aromatic rings. The van der Waals surface area contributed by atoms with Gasteiger partial charge in [0.2, 0.25) is 0 Å². The van der Waals surface area contributed by atoms with Crippen LogP contribution in [0.25, 0.3) is 0 Å². The molecule has 1 fully saturated rings. The first-order chi connectivity index (χ1) is 7.70. The summed E-state index contributed by atoms with van der Waals surface area (Å²) in [6.07, 6.45) is -4.60. The van der Waals surface area contributed by atoms with Gasteiger partial charge in [0.25, 0.3) is 0 Å². The van der Waals surface area contributed by atoms with E-state index in [-0.39, 0.29) is 6.54 Å². The van der Waals surface area contributed by atoms with Gasteiger partial charge in [-0.05, 0) is 6.92 Å². The number of ether oxygens (including phenoxy) is 2. The molecule has 0 bridgehead atoms. The van der Waals surface area contributed by atoms with Crippen LogP contribution in [0.2, 0.25) is 0 Å². The van der Waals surface area contributed by atoms with Crippen molar-refractivity contribution in [2.75, 3.05) is 32.8 Å².